The molecule has 2 rings (SSSR count). The Balaban J connectivity index is 2.18. The molecule has 2 amide bonds. The Bertz CT molecular complexity index is 860. The lowest BCUT2D eigenvalue weighted by Gasteiger charge is -2.28. The van der Waals surface area contributed by atoms with E-state index in [4.69, 9.17) is 32.7 Å². The molecule has 2 aromatic rings. The van der Waals surface area contributed by atoms with Crippen LogP contribution in [0.25, 0.3) is 0 Å². The van der Waals surface area contributed by atoms with Gasteiger partial charge < -0.3 is 19.7 Å². The molecule has 0 saturated heterocycles. The summed E-state index contributed by atoms with van der Waals surface area (Å²) in [5.74, 6) is 0.423. The van der Waals surface area contributed by atoms with Crippen LogP contribution in [0.5, 0.6) is 11.5 Å². The Morgan fingerprint density at radius 3 is 2.59 bits per heavy atom. The number of ether oxygens (including phenoxy) is 2. The first-order chi connectivity index (χ1) is 13.8. The van der Waals surface area contributed by atoms with Crippen molar-refractivity contribution in [3.05, 3.63) is 58.1 Å². The fourth-order valence-corrected chi connectivity index (χ4v) is 3.15. The molecule has 29 heavy (non-hydrogen) atoms. The van der Waals surface area contributed by atoms with Crippen LogP contribution in [0, 0.1) is 0 Å². The number of methoxy groups -OCH3 is 1. The maximum absolute atomic E-state index is 12.9. The molecule has 0 bridgehead atoms. The Morgan fingerprint density at radius 2 is 1.93 bits per heavy atom. The highest BCUT2D eigenvalue weighted by atomic mass is 35.5. The number of rotatable bonds is 9. The molecule has 156 valence electrons. The van der Waals surface area contributed by atoms with Crippen molar-refractivity contribution in [2.45, 2.75) is 26.4 Å². The van der Waals surface area contributed by atoms with E-state index in [0.29, 0.717) is 28.1 Å². The van der Waals surface area contributed by atoms with Gasteiger partial charge in [0, 0.05) is 18.1 Å². The number of nitrogens with one attached hydrogen (secondary N) is 1. The maximum atomic E-state index is 12.9. The third-order valence-electron chi connectivity index (χ3n) is 4.25. The largest absolute Gasteiger partial charge is 0.497 e. The smallest absolute Gasteiger partial charge is 0.261 e. The van der Waals surface area contributed by atoms with Crippen molar-refractivity contribution in [2.75, 3.05) is 20.3 Å². The van der Waals surface area contributed by atoms with Crippen molar-refractivity contribution in [3.8, 4) is 11.5 Å². The van der Waals surface area contributed by atoms with Crippen molar-refractivity contribution in [2.24, 2.45) is 0 Å². The minimum absolute atomic E-state index is 0.228. The first-order valence-electron chi connectivity index (χ1n) is 9.13. The summed E-state index contributed by atoms with van der Waals surface area (Å²) in [6, 6.07) is 11.4. The molecule has 0 aromatic heterocycles. The SMILES string of the molecule is CCNC(=O)[C@@H](C)N(Cc1cccc(OC)c1)C(=O)COc1ccc(Cl)cc1Cl. The highest BCUT2D eigenvalue weighted by Gasteiger charge is 2.26. The predicted molar refractivity (Wildman–Crippen MR) is 114 cm³/mol. The molecular formula is C21H24Cl2N2O4. The van der Waals surface area contributed by atoms with E-state index < -0.39 is 6.04 Å². The fourth-order valence-electron chi connectivity index (χ4n) is 2.69. The molecule has 8 heteroatoms. The summed E-state index contributed by atoms with van der Waals surface area (Å²) < 4.78 is 10.8. The molecule has 1 N–H and O–H groups in total. The number of carbonyl (C=O) groups is 2. The van der Waals surface area contributed by atoms with Gasteiger partial charge in [-0.05, 0) is 49.7 Å². The van der Waals surface area contributed by atoms with Gasteiger partial charge in [0.25, 0.3) is 5.91 Å². The van der Waals surface area contributed by atoms with Crippen LogP contribution < -0.4 is 14.8 Å². The Morgan fingerprint density at radius 1 is 1.17 bits per heavy atom. The topological polar surface area (TPSA) is 67.9 Å². The number of hydrogen-bond donors (Lipinski definition) is 1. The number of carbonyl (C=O) groups excluding carboxylic acids is 2. The number of likely N-dealkylation sites (N-methyl/N-ethyl adjacent to an activating group) is 1. The minimum Gasteiger partial charge on any atom is -0.497 e. The van der Waals surface area contributed by atoms with Crippen LogP contribution in [0.15, 0.2) is 42.5 Å². The van der Waals surface area contributed by atoms with E-state index in [-0.39, 0.29) is 25.0 Å². The zero-order chi connectivity index (χ0) is 21.4. The fraction of sp³-hybridized carbons (Fsp3) is 0.333. The Kier molecular flexibility index (Phi) is 8.61. The van der Waals surface area contributed by atoms with Gasteiger partial charge in [-0.3, -0.25) is 9.59 Å². The molecular weight excluding hydrogens is 415 g/mol. The lowest BCUT2D eigenvalue weighted by Crippen LogP contribution is -2.49. The molecule has 0 unspecified atom stereocenters. The summed E-state index contributed by atoms with van der Waals surface area (Å²) in [4.78, 5) is 26.7. The molecule has 0 heterocycles. The number of nitrogens with zero attached hydrogens (tertiary/aromatic N) is 1. The van der Waals surface area contributed by atoms with E-state index in [2.05, 4.69) is 5.32 Å². The quantitative estimate of drug-likeness (QED) is 0.643. The second-order valence-electron chi connectivity index (χ2n) is 6.31. The van der Waals surface area contributed by atoms with E-state index in [9.17, 15) is 9.59 Å². The van der Waals surface area contributed by atoms with E-state index in [1.54, 1.807) is 26.2 Å². The predicted octanol–water partition coefficient (Wildman–Crippen LogP) is 3.93. The van der Waals surface area contributed by atoms with Gasteiger partial charge in [0.05, 0.1) is 12.1 Å². The minimum atomic E-state index is -0.682. The van der Waals surface area contributed by atoms with Gasteiger partial charge in [-0.25, -0.2) is 0 Å². The second kappa shape index (κ2) is 10.9. The average molecular weight is 439 g/mol. The van der Waals surface area contributed by atoms with E-state index in [0.717, 1.165) is 5.56 Å². The molecule has 1 atom stereocenters. The molecule has 0 aliphatic carbocycles. The lowest BCUT2D eigenvalue weighted by molar-refractivity contribution is -0.142. The number of benzene rings is 2. The number of halogens is 2. The first-order valence-corrected chi connectivity index (χ1v) is 9.89. The summed E-state index contributed by atoms with van der Waals surface area (Å²) in [7, 11) is 1.57. The summed E-state index contributed by atoms with van der Waals surface area (Å²) in [6.07, 6.45) is 0. The van der Waals surface area contributed by atoms with Crippen molar-refractivity contribution in [1.82, 2.24) is 10.2 Å². The van der Waals surface area contributed by atoms with Gasteiger partial charge in [-0.1, -0.05) is 35.3 Å². The van der Waals surface area contributed by atoms with Crippen LogP contribution in [0.4, 0.5) is 0 Å². The Labute approximate surface area is 180 Å². The highest BCUT2D eigenvalue weighted by Crippen LogP contribution is 2.27. The molecule has 0 aliphatic rings. The maximum Gasteiger partial charge on any atom is 0.261 e. The van der Waals surface area contributed by atoms with E-state index >= 15 is 0 Å². The zero-order valence-corrected chi connectivity index (χ0v) is 18.1. The number of amides is 2. The lowest BCUT2D eigenvalue weighted by atomic mass is 10.1. The van der Waals surface area contributed by atoms with Crippen molar-refractivity contribution >= 4 is 35.0 Å². The number of hydrogen-bond acceptors (Lipinski definition) is 4. The van der Waals surface area contributed by atoms with E-state index in [1.807, 2.05) is 31.2 Å². The summed E-state index contributed by atoms with van der Waals surface area (Å²) >= 11 is 12.0. The van der Waals surface area contributed by atoms with Gasteiger partial charge in [0.1, 0.15) is 17.5 Å². The molecule has 0 fully saturated rings. The van der Waals surface area contributed by atoms with Crippen molar-refractivity contribution in [1.29, 1.82) is 0 Å². The van der Waals surface area contributed by atoms with Gasteiger partial charge in [0.15, 0.2) is 6.61 Å². The van der Waals surface area contributed by atoms with E-state index in [1.165, 1.54) is 11.0 Å². The standard InChI is InChI=1S/C21H24Cl2N2O4/c1-4-24-21(27)14(2)25(12-15-6-5-7-17(10-15)28-3)20(26)13-29-19-9-8-16(22)11-18(19)23/h5-11,14H,4,12-13H2,1-3H3,(H,24,27)/t14-/m1/s1. The summed E-state index contributed by atoms with van der Waals surface area (Å²) in [5, 5.41) is 3.52. The van der Waals surface area contributed by atoms with Crippen LogP contribution in [0.3, 0.4) is 0 Å². The second-order valence-corrected chi connectivity index (χ2v) is 7.15. The van der Waals surface area contributed by atoms with Crippen LogP contribution in [-0.4, -0.2) is 43.0 Å². The van der Waals surface area contributed by atoms with Crippen LogP contribution >= 0.6 is 23.2 Å². The van der Waals surface area contributed by atoms with Gasteiger partial charge >= 0.3 is 0 Å². The van der Waals surface area contributed by atoms with Gasteiger partial charge in [-0.15, -0.1) is 0 Å². The summed E-state index contributed by atoms with van der Waals surface area (Å²) in [5.41, 5.74) is 0.832. The van der Waals surface area contributed by atoms with Gasteiger partial charge in [-0.2, -0.15) is 0 Å². The first kappa shape index (κ1) is 22.8. The van der Waals surface area contributed by atoms with Crippen molar-refractivity contribution in [3.63, 3.8) is 0 Å². The average Bonchev–Trinajstić information content (AvgIpc) is 2.71. The zero-order valence-electron chi connectivity index (χ0n) is 16.6. The van der Waals surface area contributed by atoms with Gasteiger partial charge in [0.2, 0.25) is 5.91 Å². The molecule has 2 aromatic carbocycles. The monoisotopic (exact) mass is 438 g/mol. The molecule has 0 aliphatic heterocycles. The third-order valence-corrected chi connectivity index (χ3v) is 4.78. The summed E-state index contributed by atoms with van der Waals surface area (Å²) in [6.45, 7) is 3.94. The third kappa shape index (κ3) is 6.54. The molecule has 0 radical (unpaired) electrons. The normalized spacial score (nSPS) is 11.5. The molecule has 6 nitrogen and oxygen atoms in total. The van der Waals surface area contributed by atoms with Crippen LogP contribution in [-0.2, 0) is 16.1 Å². The Hall–Kier alpha value is -2.44. The molecule has 0 saturated carbocycles. The molecule has 0 spiro atoms. The van der Waals surface area contributed by atoms with Crippen LogP contribution in [0.2, 0.25) is 10.0 Å². The van der Waals surface area contributed by atoms with Crippen LogP contribution in [0.1, 0.15) is 19.4 Å². The highest BCUT2D eigenvalue weighted by molar-refractivity contribution is 6.35. The van der Waals surface area contributed by atoms with Crippen molar-refractivity contribution < 1.29 is 19.1 Å².